The number of para-hydroxylation sites is 2. The topological polar surface area (TPSA) is 64.4 Å². The van der Waals surface area contributed by atoms with Crippen LogP contribution in [0.15, 0.2) is 29.1 Å². The first-order valence-corrected chi connectivity index (χ1v) is 14.7. The number of benzene rings is 1. The van der Waals surface area contributed by atoms with Crippen LogP contribution in [0.2, 0.25) is 0 Å². The maximum atomic E-state index is 13.8. The SMILES string of the molecule is CCOC(=O)c1nc2ccccc2n(C2C[C@H]3CCC[C@@H](C2)N3C23CC4CC(C)(CC(C)(C4)C2)C3)c1=O. The smallest absolute Gasteiger partial charge is 0.362 e. The van der Waals surface area contributed by atoms with Gasteiger partial charge in [-0.25, -0.2) is 9.78 Å². The third-order valence-corrected chi connectivity index (χ3v) is 10.7. The van der Waals surface area contributed by atoms with Crippen molar-refractivity contribution in [1.82, 2.24) is 14.5 Å². The van der Waals surface area contributed by atoms with Gasteiger partial charge in [0.2, 0.25) is 5.69 Å². The molecule has 1 aromatic heterocycles. The van der Waals surface area contributed by atoms with E-state index in [9.17, 15) is 9.59 Å². The predicted octanol–water partition coefficient (Wildman–Crippen LogP) is 5.88. The third-order valence-electron chi connectivity index (χ3n) is 10.7. The van der Waals surface area contributed by atoms with Gasteiger partial charge in [0.1, 0.15) is 0 Å². The zero-order chi connectivity index (χ0) is 25.6. The maximum Gasteiger partial charge on any atom is 0.362 e. The van der Waals surface area contributed by atoms with Gasteiger partial charge in [-0.3, -0.25) is 9.69 Å². The van der Waals surface area contributed by atoms with E-state index in [2.05, 4.69) is 23.7 Å². The Kier molecular flexibility index (Phi) is 5.25. The summed E-state index contributed by atoms with van der Waals surface area (Å²) in [6.45, 7) is 7.15. The first-order valence-electron chi connectivity index (χ1n) is 14.7. The van der Waals surface area contributed by atoms with Crippen LogP contribution in [0.1, 0.15) is 108 Å². The first kappa shape index (κ1) is 23.9. The van der Waals surface area contributed by atoms with Crippen LogP contribution >= 0.6 is 0 Å². The van der Waals surface area contributed by atoms with Crippen molar-refractivity contribution >= 4 is 17.0 Å². The molecule has 2 saturated heterocycles. The van der Waals surface area contributed by atoms with Crippen molar-refractivity contribution in [3.63, 3.8) is 0 Å². The molecule has 2 aromatic rings. The van der Waals surface area contributed by atoms with E-state index >= 15 is 0 Å². The Hall–Kier alpha value is -2.21. The summed E-state index contributed by atoms with van der Waals surface area (Å²) in [5.41, 5.74) is 2.49. The molecule has 2 aliphatic heterocycles. The fourth-order valence-corrected chi connectivity index (χ4v) is 10.9. The van der Waals surface area contributed by atoms with Crippen molar-refractivity contribution in [3.8, 4) is 0 Å². The Labute approximate surface area is 219 Å². The molecule has 1 aromatic carbocycles. The van der Waals surface area contributed by atoms with E-state index in [-0.39, 0.29) is 23.9 Å². The van der Waals surface area contributed by atoms with Crippen molar-refractivity contribution in [3.05, 3.63) is 40.3 Å². The van der Waals surface area contributed by atoms with Crippen LogP contribution in [-0.4, -0.2) is 44.6 Å². The second-order valence-corrected chi connectivity index (χ2v) is 14.0. The third kappa shape index (κ3) is 3.65. The van der Waals surface area contributed by atoms with Gasteiger partial charge in [-0.2, -0.15) is 0 Å². The number of rotatable bonds is 4. The van der Waals surface area contributed by atoms with Crippen LogP contribution in [-0.2, 0) is 4.74 Å². The monoisotopic (exact) mass is 503 g/mol. The fraction of sp³-hybridized carbons (Fsp3) is 0.710. The molecule has 4 aliphatic carbocycles. The molecule has 6 aliphatic rings. The molecule has 0 amide bonds. The van der Waals surface area contributed by atoms with Crippen LogP contribution < -0.4 is 5.56 Å². The highest BCUT2D eigenvalue weighted by molar-refractivity contribution is 5.89. The number of esters is 1. The number of ether oxygens (including phenoxy) is 1. The average molecular weight is 504 g/mol. The van der Waals surface area contributed by atoms with Gasteiger partial charge < -0.3 is 9.30 Å². The molecule has 6 fully saturated rings. The second-order valence-electron chi connectivity index (χ2n) is 14.0. The van der Waals surface area contributed by atoms with Crippen molar-refractivity contribution in [2.45, 2.75) is 115 Å². The van der Waals surface area contributed by atoms with Gasteiger partial charge in [-0.1, -0.05) is 32.4 Å². The number of carbonyl (C=O) groups is 1. The van der Waals surface area contributed by atoms with Gasteiger partial charge in [-0.05, 0) is 100 Å². The van der Waals surface area contributed by atoms with Gasteiger partial charge in [0.05, 0.1) is 17.6 Å². The molecule has 198 valence electrons. The Morgan fingerprint density at radius 1 is 1.00 bits per heavy atom. The van der Waals surface area contributed by atoms with E-state index in [4.69, 9.17) is 4.74 Å². The van der Waals surface area contributed by atoms with Crippen molar-refractivity contribution in [1.29, 1.82) is 0 Å². The summed E-state index contributed by atoms with van der Waals surface area (Å²) in [7, 11) is 0. The Morgan fingerprint density at radius 3 is 2.32 bits per heavy atom. The quantitative estimate of drug-likeness (QED) is 0.488. The summed E-state index contributed by atoms with van der Waals surface area (Å²) in [6, 6.07) is 8.88. The predicted molar refractivity (Wildman–Crippen MR) is 144 cm³/mol. The van der Waals surface area contributed by atoms with Crippen LogP contribution in [0.3, 0.4) is 0 Å². The number of nitrogens with zero attached hydrogens (tertiary/aromatic N) is 3. The Morgan fingerprint density at radius 2 is 1.68 bits per heavy atom. The molecule has 6 nitrogen and oxygen atoms in total. The molecule has 37 heavy (non-hydrogen) atoms. The molecule has 0 radical (unpaired) electrons. The molecule has 3 heterocycles. The van der Waals surface area contributed by atoms with Gasteiger partial charge >= 0.3 is 5.97 Å². The molecule has 0 N–H and O–H groups in total. The number of hydrogen-bond acceptors (Lipinski definition) is 5. The van der Waals surface area contributed by atoms with E-state index in [0.717, 1.165) is 24.3 Å². The summed E-state index contributed by atoms with van der Waals surface area (Å²) in [5, 5.41) is 0. The van der Waals surface area contributed by atoms with Gasteiger partial charge in [-0.15, -0.1) is 0 Å². The van der Waals surface area contributed by atoms with Crippen LogP contribution in [0.5, 0.6) is 0 Å². The Bertz CT molecular complexity index is 1280. The van der Waals surface area contributed by atoms with Crippen molar-refractivity contribution in [2.75, 3.05) is 6.61 Å². The van der Waals surface area contributed by atoms with Crippen LogP contribution in [0.25, 0.3) is 11.0 Å². The van der Waals surface area contributed by atoms with Crippen molar-refractivity contribution in [2.24, 2.45) is 16.7 Å². The lowest BCUT2D eigenvalue weighted by Gasteiger charge is -2.71. The van der Waals surface area contributed by atoms with Crippen molar-refractivity contribution < 1.29 is 9.53 Å². The second kappa shape index (κ2) is 8.14. The number of carbonyl (C=O) groups excluding carboxylic acids is 1. The maximum absolute atomic E-state index is 13.8. The number of aromatic nitrogens is 2. The highest BCUT2D eigenvalue weighted by Gasteiger charge is 2.64. The largest absolute Gasteiger partial charge is 0.461 e. The van der Waals surface area contributed by atoms with Crippen LogP contribution in [0, 0.1) is 16.7 Å². The molecular formula is C31H41N3O3. The molecule has 0 spiro atoms. The number of piperidine rings is 2. The fourth-order valence-electron chi connectivity index (χ4n) is 10.9. The first-order chi connectivity index (χ1) is 17.7. The van der Waals surface area contributed by atoms with E-state index < -0.39 is 5.97 Å². The molecular weight excluding hydrogens is 462 g/mol. The van der Waals surface area contributed by atoms with Gasteiger partial charge in [0.15, 0.2) is 0 Å². The molecule has 8 rings (SSSR count). The molecule has 6 heteroatoms. The summed E-state index contributed by atoms with van der Waals surface area (Å²) in [5.74, 6) is 0.267. The van der Waals surface area contributed by atoms with Gasteiger partial charge in [0.25, 0.3) is 5.56 Å². The lowest BCUT2D eigenvalue weighted by atomic mass is 9.42. The normalized spacial score (nSPS) is 40.7. The molecule has 4 saturated carbocycles. The zero-order valence-corrected chi connectivity index (χ0v) is 22.7. The highest BCUT2D eigenvalue weighted by atomic mass is 16.5. The highest BCUT2D eigenvalue weighted by Crippen LogP contribution is 2.69. The van der Waals surface area contributed by atoms with E-state index in [1.807, 2.05) is 28.8 Å². The molecule has 6 bridgehead atoms. The molecule has 5 atom stereocenters. The number of hydrogen-bond donors (Lipinski definition) is 0. The van der Waals surface area contributed by atoms with Crippen LogP contribution in [0.4, 0.5) is 0 Å². The minimum Gasteiger partial charge on any atom is -0.461 e. The Balaban J connectivity index is 1.28. The summed E-state index contributed by atoms with van der Waals surface area (Å²) < 4.78 is 7.14. The average Bonchev–Trinajstić information content (AvgIpc) is 2.80. The lowest BCUT2D eigenvalue weighted by Crippen LogP contribution is -2.71. The van der Waals surface area contributed by atoms with Gasteiger partial charge in [0, 0.05) is 23.7 Å². The molecule has 3 unspecified atom stereocenters. The van der Waals surface area contributed by atoms with E-state index in [0.29, 0.717) is 34.0 Å². The summed E-state index contributed by atoms with van der Waals surface area (Å²) >= 11 is 0. The van der Waals surface area contributed by atoms with E-state index in [1.165, 1.54) is 57.8 Å². The zero-order valence-electron chi connectivity index (χ0n) is 22.7. The minimum atomic E-state index is -0.611. The number of fused-ring (bicyclic) bond motifs is 3. The summed E-state index contributed by atoms with van der Waals surface area (Å²) in [4.78, 5) is 34.0. The van der Waals surface area contributed by atoms with E-state index in [1.54, 1.807) is 6.92 Å². The standard InChI is InChI=1S/C31H41N3O3/c1-4-37-28(36)26-27(35)33(25-11-6-5-10-24(25)32-26)23-12-21-8-7-9-22(13-23)34(21)31-16-20-14-29(2,18-31)17-30(3,15-20)19-31/h5-6,10-11,20-23H,4,7-9,12-19H2,1-3H3/t20?,21-,22+,23?,29?,30?,31?. The summed E-state index contributed by atoms with van der Waals surface area (Å²) in [6.07, 6.45) is 14.0. The lowest BCUT2D eigenvalue weighted by molar-refractivity contribution is -0.198. The minimum absolute atomic E-state index is 0.0740.